The lowest BCUT2D eigenvalue weighted by atomic mass is 10.1. The first-order valence-electron chi connectivity index (χ1n) is 8.54. The number of hydrogen-bond acceptors (Lipinski definition) is 7. The molecule has 6 nitrogen and oxygen atoms in total. The maximum absolute atomic E-state index is 5.83. The van der Waals surface area contributed by atoms with Crippen LogP contribution in [0.25, 0.3) is 21.8 Å². The maximum Gasteiger partial charge on any atom is 0.205 e. The molecule has 2 unspecified atom stereocenters. The van der Waals surface area contributed by atoms with E-state index in [1.165, 1.54) is 0 Å². The minimum Gasteiger partial charge on any atom is -0.343 e. The van der Waals surface area contributed by atoms with Gasteiger partial charge in [-0.3, -0.25) is 0 Å². The molecule has 2 aromatic heterocycles. The Bertz CT molecular complexity index is 942. The number of anilines is 1. The zero-order chi connectivity index (χ0) is 19.0. The topological polar surface area (TPSA) is 72.5 Å². The largest absolute Gasteiger partial charge is 0.343 e. The molecule has 27 heavy (non-hydrogen) atoms. The van der Waals surface area contributed by atoms with E-state index in [1.54, 1.807) is 17.5 Å². The van der Waals surface area contributed by atoms with E-state index in [9.17, 15) is 0 Å². The van der Waals surface area contributed by atoms with E-state index in [2.05, 4.69) is 37.9 Å². The van der Waals surface area contributed by atoms with Gasteiger partial charge in [0.2, 0.25) is 6.29 Å². The molecule has 1 fully saturated rings. The van der Waals surface area contributed by atoms with Gasteiger partial charge in [-0.05, 0) is 26.8 Å². The molecule has 2 atom stereocenters. The summed E-state index contributed by atoms with van der Waals surface area (Å²) in [5, 5.41) is 4.10. The van der Waals surface area contributed by atoms with E-state index in [0.29, 0.717) is 3.83 Å². The molecule has 1 aliphatic rings. The lowest BCUT2D eigenvalue weighted by Crippen LogP contribution is -2.23. The number of rotatable bonds is 5. The molecule has 1 aliphatic heterocycles. The predicted molar refractivity (Wildman–Crippen MR) is 114 cm³/mol. The summed E-state index contributed by atoms with van der Waals surface area (Å²) in [5.74, 6) is 0. The molecule has 0 amide bonds. The average Bonchev–Trinajstić information content (AvgIpc) is 3.17. The molecule has 0 saturated carbocycles. The first-order valence-corrected chi connectivity index (χ1v) is 10.4. The number of aromatic nitrogens is 3. The van der Waals surface area contributed by atoms with Crippen molar-refractivity contribution in [3.63, 3.8) is 0 Å². The van der Waals surface area contributed by atoms with Crippen molar-refractivity contribution in [1.82, 2.24) is 15.0 Å². The van der Waals surface area contributed by atoms with E-state index < -0.39 is 0 Å². The summed E-state index contributed by atoms with van der Waals surface area (Å²) in [6.45, 7) is 6.03. The summed E-state index contributed by atoms with van der Waals surface area (Å²) in [6, 6.07) is 12.0. The van der Waals surface area contributed by atoms with Gasteiger partial charge in [0.1, 0.15) is 0 Å². The van der Waals surface area contributed by atoms with Crippen LogP contribution in [0.1, 0.15) is 20.8 Å². The van der Waals surface area contributed by atoms with Gasteiger partial charge in [-0.1, -0.05) is 41.7 Å². The summed E-state index contributed by atoms with van der Waals surface area (Å²) < 4.78 is 12.1. The number of halogens is 1. The minimum atomic E-state index is -0.252. The monoisotopic (exact) mass is 494 g/mol. The fraction of sp³-hybridized carbons (Fsp3) is 0.316. The third-order valence-electron chi connectivity index (χ3n) is 3.72. The third kappa shape index (κ3) is 4.63. The van der Waals surface area contributed by atoms with Crippen molar-refractivity contribution in [3.05, 3.63) is 46.4 Å². The summed E-state index contributed by atoms with van der Waals surface area (Å²) >= 11 is 3.67. The van der Waals surface area contributed by atoms with Gasteiger partial charge < -0.3 is 14.8 Å². The third-order valence-corrected chi connectivity index (χ3v) is 5.25. The van der Waals surface area contributed by atoms with Gasteiger partial charge >= 0.3 is 0 Å². The van der Waals surface area contributed by atoms with E-state index in [0.717, 1.165) is 27.0 Å². The van der Waals surface area contributed by atoms with Gasteiger partial charge in [0, 0.05) is 34.4 Å². The molecule has 4 rings (SSSR count). The lowest BCUT2D eigenvalue weighted by molar-refractivity contribution is -0.0569. The standard InChI is InChI=1S/C19H19IN4O2S/c1-19(2,3)26-16-15(25-16)24-18-23-13(11-7-5-4-6-8-11)14(27-18)12-9-10-21-17(20)22-12/h4-10,15-16H,1-3H3,(H,23,24). The molecule has 0 bridgehead atoms. The van der Waals surface area contributed by atoms with Crippen molar-refractivity contribution in [2.24, 2.45) is 0 Å². The molecule has 8 heteroatoms. The molecule has 1 saturated heterocycles. The zero-order valence-corrected chi connectivity index (χ0v) is 18.1. The highest BCUT2D eigenvalue weighted by Gasteiger charge is 2.43. The van der Waals surface area contributed by atoms with Crippen molar-refractivity contribution in [2.45, 2.75) is 38.9 Å². The first kappa shape index (κ1) is 18.7. The second kappa shape index (κ2) is 7.42. The Morgan fingerprint density at radius 1 is 1.15 bits per heavy atom. The highest BCUT2D eigenvalue weighted by atomic mass is 127. The molecular formula is C19H19IN4O2S. The average molecular weight is 494 g/mol. The smallest absolute Gasteiger partial charge is 0.205 e. The highest BCUT2D eigenvalue weighted by molar-refractivity contribution is 14.1. The maximum atomic E-state index is 5.83. The molecule has 3 aromatic rings. The number of thiazole rings is 1. The molecule has 1 N–H and O–H groups in total. The van der Waals surface area contributed by atoms with Crippen LogP contribution in [0.15, 0.2) is 42.6 Å². The Hall–Kier alpha value is -1.62. The van der Waals surface area contributed by atoms with E-state index in [-0.39, 0.29) is 18.1 Å². The van der Waals surface area contributed by atoms with Crippen LogP contribution in [-0.2, 0) is 9.47 Å². The molecule has 1 aromatic carbocycles. The quantitative estimate of drug-likeness (QED) is 0.313. The molecule has 0 radical (unpaired) electrons. The van der Waals surface area contributed by atoms with Crippen LogP contribution in [0.2, 0.25) is 0 Å². The fourth-order valence-corrected chi connectivity index (χ4v) is 3.97. The normalized spacial score (nSPS) is 19.1. The van der Waals surface area contributed by atoms with Crippen molar-refractivity contribution < 1.29 is 9.47 Å². The Kier molecular flexibility index (Phi) is 5.15. The Balaban J connectivity index is 1.63. The molecule has 140 valence electrons. The van der Waals surface area contributed by atoms with Crippen molar-refractivity contribution in [3.8, 4) is 21.8 Å². The summed E-state index contributed by atoms with van der Waals surface area (Å²) in [6.07, 6.45) is 1.33. The number of hydrogen-bond donors (Lipinski definition) is 1. The number of benzene rings is 1. The van der Waals surface area contributed by atoms with Gasteiger partial charge in [0.25, 0.3) is 0 Å². The summed E-state index contributed by atoms with van der Waals surface area (Å²) in [4.78, 5) is 14.6. The van der Waals surface area contributed by atoms with Crippen molar-refractivity contribution in [2.75, 3.05) is 5.32 Å². The van der Waals surface area contributed by atoms with Crippen LogP contribution in [0.3, 0.4) is 0 Å². The molecule has 3 heterocycles. The predicted octanol–water partition coefficient (Wildman–Crippen LogP) is 4.78. The van der Waals surface area contributed by atoms with Crippen molar-refractivity contribution in [1.29, 1.82) is 0 Å². The van der Waals surface area contributed by atoms with Crippen LogP contribution in [0.5, 0.6) is 0 Å². The van der Waals surface area contributed by atoms with E-state index in [1.807, 2.05) is 57.2 Å². The zero-order valence-electron chi connectivity index (χ0n) is 15.1. The summed E-state index contributed by atoms with van der Waals surface area (Å²) in [5.41, 5.74) is 2.55. The molecule has 0 spiro atoms. The van der Waals surface area contributed by atoms with E-state index in [4.69, 9.17) is 14.5 Å². The van der Waals surface area contributed by atoms with Gasteiger partial charge in [-0.25, -0.2) is 15.0 Å². The second-order valence-corrected chi connectivity index (χ2v) is 9.04. The number of nitrogens with zero attached hydrogens (tertiary/aromatic N) is 3. The minimum absolute atomic E-state index is 0.183. The highest BCUT2D eigenvalue weighted by Crippen LogP contribution is 2.40. The number of epoxide rings is 1. The van der Waals surface area contributed by atoms with Gasteiger partial charge in [0.15, 0.2) is 15.2 Å². The van der Waals surface area contributed by atoms with Crippen LogP contribution >= 0.6 is 33.9 Å². The van der Waals surface area contributed by atoms with Crippen molar-refractivity contribution >= 4 is 39.1 Å². The number of nitrogens with one attached hydrogen (secondary N) is 1. The first-order chi connectivity index (χ1) is 12.9. The van der Waals surface area contributed by atoms with E-state index >= 15 is 0 Å². The SMILES string of the molecule is CC(C)(C)OC1OC1Nc1nc(-c2ccccc2)c(-c2ccnc(I)n2)s1. The Labute approximate surface area is 175 Å². The fourth-order valence-electron chi connectivity index (χ4n) is 2.57. The van der Waals surface area contributed by atoms with Crippen LogP contribution < -0.4 is 5.32 Å². The van der Waals surface area contributed by atoms with Gasteiger partial charge in [-0.2, -0.15) is 0 Å². The summed E-state index contributed by atoms with van der Waals surface area (Å²) in [7, 11) is 0. The van der Waals surface area contributed by atoms with Gasteiger partial charge in [0.05, 0.1) is 21.9 Å². The molecule has 0 aliphatic carbocycles. The van der Waals surface area contributed by atoms with Gasteiger partial charge in [-0.15, -0.1) is 0 Å². The van der Waals surface area contributed by atoms with Crippen LogP contribution in [0, 0.1) is 3.83 Å². The Morgan fingerprint density at radius 3 is 2.63 bits per heavy atom. The lowest BCUT2D eigenvalue weighted by Gasteiger charge is -2.17. The second-order valence-electron chi connectivity index (χ2n) is 7.07. The van der Waals surface area contributed by atoms with Crippen LogP contribution in [-0.4, -0.2) is 33.1 Å². The van der Waals surface area contributed by atoms with Crippen LogP contribution in [0.4, 0.5) is 5.13 Å². The number of ether oxygens (including phenoxy) is 2. The molecular weight excluding hydrogens is 475 g/mol. The Morgan fingerprint density at radius 2 is 1.93 bits per heavy atom.